The molecule has 1 amide bonds. The lowest BCUT2D eigenvalue weighted by Gasteiger charge is -2.56. The van der Waals surface area contributed by atoms with E-state index in [1.54, 1.807) is 0 Å². The molecular formula is C28H53N2O+. The molecule has 0 spiro atoms. The van der Waals surface area contributed by atoms with E-state index in [9.17, 15) is 4.79 Å². The standard InChI is InChI=1S/C28H52N2O/c1-5-8-9-10-11-12-13-14-15-16-30(6-2,7-3)23(4)29-27(31)28-20-24-17-25(21-28)19-26(18-24)22-28/h23-26H,5-22H2,1-4H3/p+1. The van der Waals surface area contributed by atoms with Crippen molar-refractivity contribution in [2.75, 3.05) is 19.6 Å². The van der Waals surface area contributed by atoms with E-state index >= 15 is 0 Å². The fraction of sp³-hybridized carbons (Fsp3) is 0.964. The van der Waals surface area contributed by atoms with Gasteiger partial charge in [-0.15, -0.1) is 0 Å². The predicted molar refractivity (Wildman–Crippen MR) is 132 cm³/mol. The van der Waals surface area contributed by atoms with Crippen molar-refractivity contribution in [3.63, 3.8) is 0 Å². The van der Waals surface area contributed by atoms with Crippen LogP contribution in [0.1, 0.15) is 124 Å². The lowest BCUT2D eigenvalue weighted by Crippen LogP contribution is -2.64. The molecular weight excluding hydrogens is 380 g/mol. The molecule has 31 heavy (non-hydrogen) atoms. The Balaban J connectivity index is 1.45. The van der Waals surface area contributed by atoms with Crippen molar-refractivity contribution in [2.24, 2.45) is 23.2 Å². The second-order valence-electron chi connectivity index (χ2n) is 11.8. The maximum atomic E-state index is 13.6. The van der Waals surface area contributed by atoms with Gasteiger partial charge in [-0.2, -0.15) is 0 Å². The molecule has 0 saturated heterocycles. The number of rotatable bonds is 15. The Bertz CT molecular complexity index is 518. The van der Waals surface area contributed by atoms with Crippen LogP contribution in [0, 0.1) is 23.2 Å². The zero-order chi connectivity index (χ0) is 22.3. The number of nitrogens with zero attached hydrogens (tertiary/aromatic N) is 1. The van der Waals surface area contributed by atoms with Crippen LogP contribution >= 0.6 is 0 Å². The largest absolute Gasteiger partial charge is 0.307 e. The maximum Gasteiger partial charge on any atom is 0.230 e. The molecule has 0 heterocycles. The molecule has 0 aromatic carbocycles. The Morgan fingerprint density at radius 2 is 1.26 bits per heavy atom. The highest BCUT2D eigenvalue weighted by Crippen LogP contribution is 2.60. The molecule has 4 rings (SSSR count). The average molecular weight is 434 g/mol. The van der Waals surface area contributed by atoms with Gasteiger partial charge >= 0.3 is 0 Å². The number of nitrogens with one attached hydrogen (secondary N) is 1. The summed E-state index contributed by atoms with van der Waals surface area (Å²) in [6.07, 6.45) is 20.4. The number of amides is 1. The van der Waals surface area contributed by atoms with Crippen LogP contribution in [0.15, 0.2) is 0 Å². The van der Waals surface area contributed by atoms with E-state index in [2.05, 4.69) is 33.0 Å². The molecule has 180 valence electrons. The summed E-state index contributed by atoms with van der Waals surface area (Å²) in [7, 11) is 0. The van der Waals surface area contributed by atoms with E-state index in [1.165, 1.54) is 103 Å². The summed E-state index contributed by atoms with van der Waals surface area (Å²) in [6, 6.07) is 0. The monoisotopic (exact) mass is 433 g/mol. The highest BCUT2D eigenvalue weighted by Gasteiger charge is 2.55. The van der Waals surface area contributed by atoms with Crippen LogP contribution in [0.3, 0.4) is 0 Å². The molecule has 4 fully saturated rings. The summed E-state index contributed by atoms with van der Waals surface area (Å²) in [4.78, 5) is 13.6. The third-order valence-corrected chi connectivity index (χ3v) is 9.65. The van der Waals surface area contributed by atoms with Gasteiger partial charge in [0.05, 0.1) is 25.0 Å². The van der Waals surface area contributed by atoms with Crippen molar-refractivity contribution < 1.29 is 9.28 Å². The first-order chi connectivity index (χ1) is 15.0. The van der Waals surface area contributed by atoms with E-state index in [-0.39, 0.29) is 11.6 Å². The fourth-order valence-corrected chi connectivity index (χ4v) is 7.89. The van der Waals surface area contributed by atoms with Gasteiger partial charge in [0, 0.05) is 6.92 Å². The van der Waals surface area contributed by atoms with Crippen LogP contribution in [0.5, 0.6) is 0 Å². The second-order valence-corrected chi connectivity index (χ2v) is 11.8. The highest BCUT2D eigenvalue weighted by atomic mass is 16.2. The van der Waals surface area contributed by atoms with E-state index in [0.29, 0.717) is 5.91 Å². The number of unbranched alkanes of at least 4 members (excludes halogenated alkanes) is 8. The van der Waals surface area contributed by atoms with Gasteiger partial charge in [-0.05, 0) is 83.0 Å². The summed E-state index contributed by atoms with van der Waals surface area (Å²) >= 11 is 0. The molecule has 0 aromatic rings. The summed E-state index contributed by atoms with van der Waals surface area (Å²) in [5.74, 6) is 2.93. The van der Waals surface area contributed by atoms with Gasteiger partial charge in [0.25, 0.3) is 0 Å². The first-order valence-corrected chi connectivity index (χ1v) is 14.1. The van der Waals surface area contributed by atoms with Crippen molar-refractivity contribution in [1.82, 2.24) is 5.32 Å². The Hall–Kier alpha value is -0.570. The van der Waals surface area contributed by atoms with E-state index in [1.807, 2.05) is 0 Å². The first kappa shape index (κ1) is 25.1. The minimum Gasteiger partial charge on any atom is -0.307 e. The average Bonchev–Trinajstić information content (AvgIpc) is 2.74. The van der Waals surface area contributed by atoms with Crippen LogP contribution in [0.25, 0.3) is 0 Å². The summed E-state index contributed by atoms with van der Waals surface area (Å²) < 4.78 is 1.05. The predicted octanol–water partition coefficient (Wildman–Crippen LogP) is 7.05. The second kappa shape index (κ2) is 11.5. The zero-order valence-corrected chi connectivity index (χ0v) is 21.4. The summed E-state index contributed by atoms with van der Waals surface area (Å²) in [6.45, 7) is 12.7. The zero-order valence-electron chi connectivity index (χ0n) is 21.4. The van der Waals surface area contributed by atoms with Gasteiger partial charge in [-0.25, -0.2) is 0 Å². The molecule has 0 aliphatic heterocycles. The van der Waals surface area contributed by atoms with Crippen LogP contribution < -0.4 is 5.32 Å². The quantitative estimate of drug-likeness (QED) is 0.167. The molecule has 4 aliphatic rings. The van der Waals surface area contributed by atoms with Gasteiger partial charge in [0.2, 0.25) is 5.91 Å². The Morgan fingerprint density at radius 1 is 0.806 bits per heavy atom. The van der Waals surface area contributed by atoms with Crippen LogP contribution in [-0.4, -0.2) is 36.2 Å². The third kappa shape index (κ3) is 6.06. The van der Waals surface area contributed by atoms with Crippen molar-refractivity contribution in [2.45, 2.75) is 130 Å². The number of carbonyl (C=O) groups is 1. The van der Waals surface area contributed by atoms with Crippen molar-refractivity contribution in [3.8, 4) is 0 Å². The molecule has 3 nitrogen and oxygen atoms in total. The van der Waals surface area contributed by atoms with Crippen molar-refractivity contribution in [3.05, 3.63) is 0 Å². The van der Waals surface area contributed by atoms with Gasteiger partial charge in [0.1, 0.15) is 0 Å². The Morgan fingerprint density at radius 3 is 1.71 bits per heavy atom. The Kier molecular flexibility index (Phi) is 9.32. The summed E-state index contributed by atoms with van der Waals surface area (Å²) in [5.41, 5.74) is -0.0159. The van der Waals surface area contributed by atoms with Gasteiger partial charge in [-0.3, -0.25) is 4.79 Å². The van der Waals surface area contributed by atoms with E-state index in [0.717, 1.165) is 35.3 Å². The normalized spacial score (nSPS) is 30.5. The van der Waals surface area contributed by atoms with Crippen LogP contribution in [0.4, 0.5) is 0 Å². The number of hydrogen-bond acceptors (Lipinski definition) is 1. The molecule has 4 saturated carbocycles. The van der Waals surface area contributed by atoms with Gasteiger partial charge in [0.15, 0.2) is 6.17 Å². The minimum atomic E-state index is -0.0159. The molecule has 0 radical (unpaired) electrons. The molecule has 1 unspecified atom stereocenters. The van der Waals surface area contributed by atoms with Crippen molar-refractivity contribution in [1.29, 1.82) is 0 Å². The lowest BCUT2D eigenvalue weighted by molar-refractivity contribution is -0.948. The lowest BCUT2D eigenvalue weighted by atomic mass is 9.49. The van der Waals surface area contributed by atoms with Crippen LogP contribution in [0.2, 0.25) is 0 Å². The van der Waals surface area contributed by atoms with E-state index < -0.39 is 0 Å². The molecule has 3 heteroatoms. The third-order valence-electron chi connectivity index (χ3n) is 9.65. The highest BCUT2D eigenvalue weighted by molar-refractivity contribution is 5.83. The molecule has 4 aliphatic carbocycles. The number of quaternary nitrogens is 1. The fourth-order valence-electron chi connectivity index (χ4n) is 7.89. The summed E-state index contributed by atoms with van der Waals surface area (Å²) in [5, 5.41) is 3.59. The van der Waals surface area contributed by atoms with Crippen LogP contribution in [-0.2, 0) is 4.79 Å². The smallest absolute Gasteiger partial charge is 0.230 e. The van der Waals surface area contributed by atoms with Crippen molar-refractivity contribution >= 4 is 5.91 Å². The number of hydrogen-bond donors (Lipinski definition) is 1. The van der Waals surface area contributed by atoms with E-state index in [4.69, 9.17) is 0 Å². The minimum absolute atomic E-state index is 0.0159. The first-order valence-electron chi connectivity index (χ1n) is 14.1. The van der Waals surface area contributed by atoms with Gasteiger partial charge < -0.3 is 9.80 Å². The molecule has 1 N–H and O–H groups in total. The maximum absolute atomic E-state index is 13.6. The molecule has 0 aromatic heterocycles. The number of carbonyl (C=O) groups excluding carboxylic acids is 1. The Labute approximate surface area is 193 Å². The topological polar surface area (TPSA) is 29.1 Å². The molecule has 4 bridgehead atoms. The molecule has 1 atom stereocenters. The van der Waals surface area contributed by atoms with Gasteiger partial charge in [-0.1, -0.05) is 51.9 Å². The SMILES string of the molecule is CCCCCCCCCCC[N+](CC)(CC)C(C)NC(=O)C12CC3CC(CC(C3)C1)C2.